The predicted octanol–water partition coefficient (Wildman–Crippen LogP) is 0.693. The number of hydrazone groups is 2. The van der Waals surface area contributed by atoms with E-state index in [-0.39, 0.29) is 0 Å². The molecule has 0 unspecified atom stereocenters. The first-order chi connectivity index (χ1) is 8.93. The first-order valence-electron chi connectivity index (χ1n) is 5.43. The Morgan fingerprint density at radius 2 is 1.72 bits per heavy atom. The number of rotatable bonds is 2. The van der Waals surface area contributed by atoms with E-state index in [1.54, 1.807) is 18.6 Å². The third-order valence-corrected chi connectivity index (χ3v) is 2.39. The highest BCUT2D eigenvalue weighted by Crippen LogP contribution is 2.01. The Bertz CT molecular complexity index is 535. The summed E-state index contributed by atoms with van der Waals surface area (Å²) in [5.74, 6) is 1.21. The van der Waals surface area contributed by atoms with Gasteiger partial charge in [0.05, 0.1) is 0 Å². The molecule has 0 saturated carbocycles. The van der Waals surface area contributed by atoms with Gasteiger partial charge >= 0.3 is 0 Å². The highest BCUT2D eigenvalue weighted by molar-refractivity contribution is 6.04. The van der Waals surface area contributed by atoms with Crippen LogP contribution in [0.15, 0.2) is 59.1 Å². The van der Waals surface area contributed by atoms with Crippen LogP contribution in [0.1, 0.15) is 11.3 Å². The minimum atomic E-state index is 0.586. The molecule has 2 aromatic rings. The third-order valence-electron chi connectivity index (χ3n) is 2.39. The Kier molecular flexibility index (Phi) is 2.67. The minimum Gasteiger partial charge on any atom is -0.264 e. The number of amidine groups is 2. The molecule has 0 atom stereocenters. The molecule has 1 aliphatic heterocycles. The molecule has 0 aliphatic carbocycles. The van der Waals surface area contributed by atoms with Gasteiger partial charge in [-0.1, -0.05) is 6.07 Å². The number of pyridine rings is 2. The topological polar surface area (TPSA) is 74.6 Å². The van der Waals surface area contributed by atoms with E-state index in [4.69, 9.17) is 0 Å². The Hall–Kier alpha value is -2.76. The molecule has 6 nitrogen and oxygen atoms in total. The Labute approximate surface area is 103 Å². The Morgan fingerprint density at radius 3 is 2.39 bits per heavy atom. The van der Waals surface area contributed by atoms with Crippen LogP contribution in [0.25, 0.3) is 0 Å². The van der Waals surface area contributed by atoms with Crippen molar-refractivity contribution in [2.24, 2.45) is 10.2 Å². The lowest BCUT2D eigenvalue weighted by Crippen LogP contribution is -2.34. The SMILES string of the molecule is c1ccc(C2=NNC(c3cccnc3)=NN2)nc1. The molecule has 6 heteroatoms. The molecule has 0 saturated heterocycles. The van der Waals surface area contributed by atoms with Crippen LogP contribution in [-0.2, 0) is 0 Å². The highest BCUT2D eigenvalue weighted by atomic mass is 15.5. The fourth-order valence-electron chi connectivity index (χ4n) is 1.52. The summed E-state index contributed by atoms with van der Waals surface area (Å²) in [6, 6.07) is 9.36. The zero-order chi connectivity index (χ0) is 12.2. The normalized spacial score (nSPS) is 14.0. The molecular weight excluding hydrogens is 228 g/mol. The fourth-order valence-corrected chi connectivity index (χ4v) is 1.52. The van der Waals surface area contributed by atoms with E-state index in [9.17, 15) is 0 Å². The monoisotopic (exact) mass is 238 g/mol. The van der Waals surface area contributed by atoms with Crippen molar-refractivity contribution >= 4 is 11.7 Å². The van der Waals surface area contributed by atoms with Crippen molar-refractivity contribution in [3.8, 4) is 0 Å². The number of nitrogens with one attached hydrogen (secondary N) is 2. The van der Waals surface area contributed by atoms with Gasteiger partial charge in [0.2, 0.25) is 0 Å². The number of aromatic nitrogens is 2. The predicted molar refractivity (Wildman–Crippen MR) is 67.8 cm³/mol. The molecular formula is C12H10N6. The van der Waals surface area contributed by atoms with Crippen LogP contribution in [0.5, 0.6) is 0 Å². The summed E-state index contributed by atoms with van der Waals surface area (Å²) >= 11 is 0. The van der Waals surface area contributed by atoms with Gasteiger partial charge < -0.3 is 0 Å². The van der Waals surface area contributed by atoms with E-state index in [0.29, 0.717) is 11.7 Å². The second kappa shape index (κ2) is 4.62. The second-order valence-corrected chi connectivity index (χ2v) is 3.60. The second-order valence-electron chi connectivity index (χ2n) is 3.60. The van der Waals surface area contributed by atoms with Crippen molar-refractivity contribution in [1.29, 1.82) is 0 Å². The van der Waals surface area contributed by atoms with E-state index >= 15 is 0 Å². The van der Waals surface area contributed by atoms with Crippen molar-refractivity contribution in [1.82, 2.24) is 20.8 Å². The largest absolute Gasteiger partial charge is 0.264 e. The van der Waals surface area contributed by atoms with Crippen molar-refractivity contribution in [2.45, 2.75) is 0 Å². The molecule has 2 aromatic heterocycles. The summed E-state index contributed by atoms with van der Waals surface area (Å²) in [4.78, 5) is 8.21. The van der Waals surface area contributed by atoms with Gasteiger partial charge in [0.25, 0.3) is 0 Å². The van der Waals surface area contributed by atoms with Gasteiger partial charge in [-0.3, -0.25) is 20.8 Å². The van der Waals surface area contributed by atoms with E-state index < -0.39 is 0 Å². The van der Waals surface area contributed by atoms with Crippen LogP contribution in [0.3, 0.4) is 0 Å². The van der Waals surface area contributed by atoms with Crippen LogP contribution in [0.2, 0.25) is 0 Å². The van der Waals surface area contributed by atoms with Gasteiger partial charge in [0, 0.05) is 24.2 Å². The molecule has 0 amide bonds. The van der Waals surface area contributed by atoms with Crippen molar-refractivity contribution in [3.63, 3.8) is 0 Å². The van der Waals surface area contributed by atoms with Crippen LogP contribution in [-0.4, -0.2) is 21.6 Å². The molecule has 1 aliphatic rings. The Balaban J connectivity index is 1.79. The summed E-state index contributed by atoms with van der Waals surface area (Å²) in [5.41, 5.74) is 7.35. The van der Waals surface area contributed by atoms with Gasteiger partial charge in [0.1, 0.15) is 5.69 Å². The molecule has 3 heterocycles. The lowest BCUT2D eigenvalue weighted by molar-refractivity contribution is 0.877. The minimum absolute atomic E-state index is 0.586. The van der Waals surface area contributed by atoms with Gasteiger partial charge in [-0.2, -0.15) is 10.2 Å². The first-order valence-corrected chi connectivity index (χ1v) is 5.43. The highest BCUT2D eigenvalue weighted by Gasteiger charge is 2.11. The number of hydrogen-bond acceptors (Lipinski definition) is 6. The summed E-state index contributed by atoms with van der Waals surface area (Å²) in [7, 11) is 0. The van der Waals surface area contributed by atoms with Crippen molar-refractivity contribution < 1.29 is 0 Å². The summed E-state index contributed by atoms with van der Waals surface area (Å²) in [6.45, 7) is 0. The third kappa shape index (κ3) is 2.03. The van der Waals surface area contributed by atoms with E-state index in [1.807, 2.05) is 30.3 Å². The maximum atomic E-state index is 4.20. The van der Waals surface area contributed by atoms with Crippen LogP contribution < -0.4 is 10.9 Å². The molecule has 0 bridgehead atoms. The average molecular weight is 238 g/mol. The summed E-state index contributed by atoms with van der Waals surface area (Å²) < 4.78 is 0. The fraction of sp³-hybridized carbons (Fsp3) is 0. The van der Waals surface area contributed by atoms with Crippen LogP contribution in [0, 0.1) is 0 Å². The number of hydrogen-bond donors (Lipinski definition) is 2. The summed E-state index contributed by atoms with van der Waals surface area (Å²) in [6.07, 6.45) is 5.14. The number of nitrogens with zero attached hydrogens (tertiary/aromatic N) is 4. The molecule has 2 N–H and O–H groups in total. The maximum absolute atomic E-state index is 4.20. The maximum Gasteiger partial charge on any atom is 0.192 e. The molecule has 0 aromatic carbocycles. The zero-order valence-electron chi connectivity index (χ0n) is 9.41. The van der Waals surface area contributed by atoms with Crippen LogP contribution >= 0.6 is 0 Å². The molecule has 88 valence electrons. The smallest absolute Gasteiger partial charge is 0.192 e. The van der Waals surface area contributed by atoms with Gasteiger partial charge in [0.15, 0.2) is 11.7 Å². The van der Waals surface area contributed by atoms with Crippen molar-refractivity contribution in [3.05, 3.63) is 60.2 Å². The zero-order valence-corrected chi connectivity index (χ0v) is 9.41. The molecule has 0 radical (unpaired) electrons. The van der Waals surface area contributed by atoms with E-state index in [1.165, 1.54) is 0 Å². The van der Waals surface area contributed by atoms with E-state index in [2.05, 4.69) is 31.0 Å². The molecule has 0 spiro atoms. The van der Waals surface area contributed by atoms with Gasteiger partial charge in [-0.25, -0.2) is 0 Å². The standard InChI is InChI=1S/C12H10N6/c1-2-7-14-10(5-1)12-17-15-11(16-18-12)9-4-3-6-13-8-9/h1-8H,(H,15,16)(H,17,18). The van der Waals surface area contributed by atoms with Crippen molar-refractivity contribution in [2.75, 3.05) is 0 Å². The Morgan fingerprint density at radius 1 is 0.833 bits per heavy atom. The summed E-state index contributed by atoms with van der Waals surface area (Å²) in [5, 5.41) is 8.39. The molecule has 3 rings (SSSR count). The van der Waals surface area contributed by atoms with E-state index in [0.717, 1.165) is 11.3 Å². The molecule has 18 heavy (non-hydrogen) atoms. The van der Waals surface area contributed by atoms with Crippen LogP contribution in [0.4, 0.5) is 0 Å². The lowest BCUT2D eigenvalue weighted by Gasteiger charge is -2.13. The molecule has 0 fully saturated rings. The van der Waals surface area contributed by atoms with Gasteiger partial charge in [-0.15, -0.1) is 0 Å². The lowest BCUT2D eigenvalue weighted by atomic mass is 10.2. The average Bonchev–Trinajstić information content (AvgIpc) is 2.49. The quantitative estimate of drug-likeness (QED) is 0.807. The van der Waals surface area contributed by atoms with Gasteiger partial charge in [-0.05, 0) is 24.3 Å². The first kappa shape index (κ1) is 10.4.